The quantitative estimate of drug-likeness (QED) is 0.590. The molecule has 0 radical (unpaired) electrons. The molecule has 2 aromatic heterocycles. The third-order valence-corrected chi connectivity index (χ3v) is 4.14. The van der Waals surface area contributed by atoms with Crippen molar-refractivity contribution in [1.29, 1.82) is 0 Å². The largest absolute Gasteiger partial charge is 0.449 e. The van der Waals surface area contributed by atoms with Gasteiger partial charge in [0.25, 0.3) is 0 Å². The zero-order chi connectivity index (χ0) is 17.4. The second-order valence-corrected chi connectivity index (χ2v) is 5.88. The fourth-order valence-corrected chi connectivity index (χ4v) is 3.05. The number of H-pyrrole nitrogens is 1. The van der Waals surface area contributed by atoms with E-state index in [4.69, 9.17) is 0 Å². The zero-order valence-electron chi connectivity index (χ0n) is 13.2. The van der Waals surface area contributed by atoms with Crippen molar-refractivity contribution in [1.82, 2.24) is 19.5 Å². The molecule has 4 rings (SSSR count). The number of hydrogen-bond donors (Lipinski definition) is 1. The standard InChI is InChI=1S/C18H15F3N4/c19-18(20,21)17-24-14-8-3-4-9-15(14)25(17)11-5-10-16-22-12-6-1-2-7-13(12)23-16/h1-4,6-9H,5,10-11H2,(H,22,23). The first-order chi connectivity index (χ1) is 12.0. The number of imidazole rings is 2. The summed E-state index contributed by atoms with van der Waals surface area (Å²) in [7, 11) is 0. The molecule has 1 N–H and O–H groups in total. The van der Waals surface area contributed by atoms with Crippen LogP contribution in [-0.4, -0.2) is 19.5 Å². The first-order valence-electron chi connectivity index (χ1n) is 7.98. The number of nitrogens with one attached hydrogen (secondary N) is 1. The van der Waals surface area contributed by atoms with Crippen molar-refractivity contribution in [2.45, 2.75) is 25.6 Å². The van der Waals surface area contributed by atoms with Gasteiger partial charge in [-0.3, -0.25) is 0 Å². The topological polar surface area (TPSA) is 46.5 Å². The number of aromatic amines is 1. The van der Waals surface area contributed by atoms with Crippen molar-refractivity contribution in [3.05, 3.63) is 60.2 Å². The SMILES string of the molecule is FC(F)(F)c1nc2ccccc2n1CCCc1nc2ccccc2[nH]1. The Morgan fingerprint density at radius 3 is 2.40 bits per heavy atom. The average Bonchev–Trinajstić information content (AvgIpc) is 3.16. The number of aromatic nitrogens is 4. The predicted molar refractivity (Wildman–Crippen MR) is 89.1 cm³/mol. The van der Waals surface area contributed by atoms with Gasteiger partial charge in [0.05, 0.1) is 22.1 Å². The number of alkyl halides is 3. The van der Waals surface area contributed by atoms with Crippen molar-refractivity contribution in [3.8, 4) is 0 Å². The molecule has 25 heavy (non-hydrogen) atoms. The number of aryl methyl sites for hydroxylation is 2. The van der Waals surface area contributed by atoms with Crippen LogP contribution in [0.25, 0.3) is 22.1 Å². The Hall–Kier alpha value is -2.83. The molecule has 0 amide bonds. The lowest BCUT2D eigenvalue weighted by Gasteiger charge is -2.10. The van der Waals surface area contributed by atoms with E-state index in [0.29, 0.717) is 23.9 Å². The molecule has 4 aromatic rings. The Balaban J connectivity index is 1.58. The van der Waals surface area contributed by atoms with Crippen LogP contribution in [-0.2, 0) is 19.1 Å². The van der Waals surface area contributed by atoms with Gasteiger partial charge < -0.3 is 9.55 Å². The number of fused-ring (bicyclic) bond motifs is 2. The Kier molecular flexibility index (Phi) is 3.71. The van der Waals surface area contributed by atoms with Gasteiger partial charge in [0.15, 0.2) is 0 Å². The van der Waals surface area contributed by atoms with E-state index >= 15 is 0 Å². The van der Waals surface area contributed by atoms with Crippen LogP contribution in [0.15, 0.2) is 48.5 Å². The molecule has 0 atom stereocenters. The molecule has 0 aliphatic heterocycles. The van der Waals surface area contributed by atoms with Crippen LogP contribution in [0.2, 0.25) is 0 Å². The molecule has 0 spiro atoms. The molecule has 0 bridgehead atoms. The van der Waals surface area contributed by atoms with Crippen molar-refractivity contribution < 1.29 is 13.2 Å². The summed E-state index contributed by atoms with van der Waals surface area (Å²) in [5.41, 5.74) is 2.65. The van der Waals surface area contributed by atoms with Gasteiger partial charge in [0.1, 0.15) is 5.82 Å². The normalized spacial score (nSPS) is 12.3. The lowest BCUT2D eigenvalue weighted by atomic mass is 10.2. The number of para-hydroxylation sites is 4. The lowest BCUT2D eigenvalue weighted by Crippen LogP contribution is -2.15. The van der Waals surface area contributed by atoms with Crippen LogP contribution in [0.3, 0.4) is 0 Å². The van der Waals surface area contributed by atoms with Gasteiger partial charge in [0, 0.05) is 13.0 Å². The van der Waals surface area contributed by atoms with Crippen LogP contribution >= 0.6 is 0 Å². The van der Waals surface area contributed by atoms with E-state index in [1.807, 2.05) is 24.3 Å². The fraction of sp³-hybridized carbons (Fsp3) is 0.222. The second-order valence-electron chi connectivity index (χ2n) is 5.88. The molecular formula is C18H15F3N4. The van der Waals surface area contributed by atoms with E-state index in [2.05, 4.69) is 15.0 Å². The molecule has 4 nitrogen and oxygen atoms in total. The Morgan fingerprint density at radius 2 is 1.64 bits per heavy atom. The molecule has 0 unspecified atom stereocenters. The molecule has 0 saturated heterocycles. The Morgan fingerprint density at radius 1 is 0.920 bits per heavy atom. The van der Waals surface area contributed by atoms with Crippen LogP contribution < -0.4 is 0 Å². The summed E-state index contributed by atoms with van der Waals surface area (Å²) in [6.07, 6.45) is -3.37. The summed E-state index contributed by atoms with van der Waals surface area (Å²) in [6.45, 7) is 0.229. The van der Waals surface area contributed by atoms with Crippen LogP contribution in [0.4, 0.5) is 13.2 Å². The van der Waals surface area contributed by atoms with Crippen molar-refractivity contribution in [3.63, 3.8) is 0 Å². The summed E-state index contributed by atoms with van der Waals surface area (Å²) in [6, 6.07) is 14.3. The molecule has 0 aliphatic carbocycles. The molecule has 2 aromatic carbocycles. The first kappa shape index (κ1) is 15.7. The maximum Gasteiger partial charge on any atom is 0.449 e. The third-order valence-electron chi connectivity index (χ3n) is 4.14. The van der Waals surface area contributed by atoms with Crippen molar-refractivity contribution >= 4 is 22.1 Å². The van der Waals surface area contributed by atoms with Crippen molar-refractivity contribution in [2.75, 3.05) is 0 Å². The zero-order valence-corrected chi connectivity index (χ0v) is 13.2. The molecule has 0 saturated carbocycles. The molecule has 0 fully saturated rings. The monoisotopic (exact) mass is 344 g/mol. The predicted octanol–water partition coefficient (Wildman–Crippen LogP) is 4.56. The molecular weight excluding hydrogens is 329 g/mol. The minimum Gasteiger partial charge on any atom is -0.342 e. The van der Waals surface area contributed by atoms with E-state index < -0.39 is 12.0 Å². The summed E-state index contributed by atoms with van der Waals surface area (Å²) in [5.74, 6) is -0.0718. The van der Waals surface area contributed by atoms with E-state index in [-0.39, 0.29) is 6.54 Å². The molecule has 0 aliphatic rings. The maximum absolute atomic E-state index is 13.3. The number of hydrogen-bond acceptors (Lipinski definition) is 2. The van der Waals surface area contributed by atoms with Gasteiger partial charge in [-0.05, 0) is 30.7 Å². The van der Waals surface area contributed by atoms with E-state index in [1.54, 1.807) is 24.3 Å². The van der Waals surface area contributed by atoms with Gasteiger partial charge >= 0.3 is 6.18 Å². The first-order valence-corrected chi connectivity index (χ1v) is 7.98. The van der Waals surface area contributed by atoms with Crippen molar-refractivity contribution in [2.24, 2.45) is 0 Å². The highest BCUT2D eigenvalue weighted by Crippen LogP contribution is 2.31. The average molecular weight is 344 g/mol. The highest BCUT2D eigenvalue weighted by Gasteiger charge is 2.37. The minimum atomic E-state index is -4.47. The van der Waals surface area contributed by atoms with Crippen LogP contribution in [0.5, 0.6) is 0 Å². The van der Waals surface area contributed by atoms with Gasteiger partial charge in [0.2, 0.25) is 5.82 Å². The highest BCUT2D eigenvalue weighted by atomic mass is 19.4. The maximum atomic E-state index is 13.3. The smallest absolute Gasteiger partial charge is 0.342 e. The fourth-order valence-electron chi connectivity index (χ4n) is 3.05. The van der Waals surface area contributed by atoms with Gasteiger partial charge in [-0.25, -0.2) is 9.97 Å². The summed E-state index contributed by atoms with van der Waals surface area (Å²) < 4.78 is 41.1. The van der Waals surface area contributed by atoms with Gasteiger partial charge in [-0.1, -0.05) is 24.3 Å². The van der Waals surface area contributed by atoms with E-state index in [1.165, 1.54) is 4.57 Å². The summed E-state index contributed by atoms with van der Waals surface area (Å²) in [5, 5.41) is 0. The van der Waals surface area contributed by atoms with Gasteiger partial charge in [-0.2, -0.15) is 13.2 Å². The number of rotatable bonds is 4. The van der Waals surface area contributed by atoms with E-state index in [0.717, 1.165) is 16.9 Å². The van der Waals surface area contributed by atoms with E-state index in [9.17, 15) is 13.2 Å². The molecule has 2 heterocycles. The molecule has 128 valence electrons. The van der Waals surface area contributed by atoms with Crippen LogP contribution in [0.1, 0.15) is 18.1 Å². The number of benzene rings is 2. The number of nitrogens with zero attached hydrogens (tertiary/aromatic N) is 3. The summed E-state index contributed by atoms with van der Waals surface area (Å²) in [4.78, 5) is 11.4. The van der Waals surface area contributed by atoms with Crippen LogP contribution in [0, 0.1) is 0 Å². The Labute approximate surface area is 141 Å². The highest BCUT2D eigenvalue weighted by molar-refractivity contribution is 5.76. The van der Waals surface area contributed by atoms with Gasteiger partial charge in [-0.15, -0.1) is 0 Å². The minimum absolute atomic E-state index is 0.229. The lowest BCUT2D eigenvalue weighted by molar-refractivity contribution is -0.146. The third kappa shape index (κ3) is 2.97. The second kappa shape index (κ2) is 5.91. The molecule has 7 heteroatoms. The number of halogens is 3. The summed E-state index contributed by atoms with van der Waals surface area (Å²) >= 11 is 0. The Bertz CT molecular complexity index is 997.